The summed E-state index contributed by atoms with van der Waals surface area (Å²) in [5, 5.41) is 9.69. The zero-order chi connectivity index (χ0) is 25.3. The van der Waals surface area contributed by atoms with Crippen molar-refractivity contribution in [2.24, 2.45) is 0 Å². The monoisotopic (exact) mass is 487 g/mol. The van der Waals surface area contributed by atoms with Gasteiger partial charge in [-0.1, -0.05) is 31.0 Å². The first-order valence-electron chi connectivity index (χ1n) is 11.2. The summed E-state index contributed by atoms with van der Waals surface area (Å²) >= 11 is 0. The van der Waals surface area contributed by atoms with Crippen LogP contribution in [0.4, 0.5) is 30.5 Å². The third-order valence-electron chi connectivity index (χ3n) is 5.57. The van der Waals surface area contributed by atoms with Crippen molar-refractivity contribution in [1.29, 1.82) is 0 Å². The van der Waals surface area contributed by atoms with E-state index in [9.17, 15) is 13.2 Å². The molecule has 0 aliphatic heterocycles. The van der Waals surface area contributed by atoms with Crippen LogP contribution in [0.3, 0.4) is 0 Å². The molecule has 0 radical (unpaired) electrons. The number of aryl methyl sites for hydroxylation is 1. The fourth-order valence-electron chi connectivity index (χ4n) is 3.94. The SMILES string of the molecule is CCCn1nc(C#Cc2cccc3c(Nc4cccc(C(F)(F)F)c4)nccc23)c2c(N)ncnc21. The Morgan fingerprint density at radius 3 is 2.64 bits per heavy atom. The van der Waals surface area contributed by atoms with Crippen molar-refractivity contribution in [2.45, 2.75) is 26.1 Å². The number of nitrogens with two attached hydrogens (primary N) is 1. The number of alkyl halides is 3. The number of nitrogens with zero attached hydrogens (tertiary/aromatic N) is 5. The van der Waals surface area contributed by atoms with Crippen LogP contribution in [0.1, 0.15) is 30.2 Å². The van der Waals surface area contributed by atoms with Gasteiger partial charge in [0.25, 0.3) is 0 Å². The second-order valence-electron chi connectivity index (χ2n) is 8.04. The molecule has 180 valence electrons. The molecule has 0 aliphatic rings. The van der Waals surface area contributed by atoms with E-state index in [4.69, 9.17) is 5.73 Å². The zero-order valence-electron chi connectivity index (χ0n) is 19.1. The first-order valence-corrected chi connectivity index (χ1v) is 11.2. The summed E-state index contributed by atoms with van der Waals surface area (Å²) in [6, 6.07) is 12.3. The standard InChI is InChI=1S/C26H20F3N7/c1-2-13-36-25-22(23(30)32-15-33-25)21(35-36)10-9-16-5-3-8-20-19(16)11-12-31-24(20)34-18-7-4-6-17(14-18)26(27,28)29/h3-8,11-12,14-15H,2,13H2,1H3,(H,31,34)(H2,30,32,33). The molecule has 0 amide bonds. The van der Waals surface area contributed by atoms with Gasteiger partial charge in [0.05, 0.1) is 10.9 Å². The predicted octanol–water partition coefficient (Wildman–Crippen LogP) is 5.53. The van der Waals surface area contributed by atoms with Crippen molar-refractivity contribution in [2.75, 3.05) is 11.1 Å². The topological polar surface area (TPSA) is 94.5 Å². The van der Waals surface area contributed by atoms with E-state index >= 15 is 0 Å². The number of anilines is 3. The Hall–Kier alpha value is -4.65. The number of fused-ring (bicyclic) bond motifs is 2. The number of halogens is 3. The molecule has 10 heteroatoms. The summed E-state index contributed by atoms with van der Waals surface area (Å²) in [5.74, 6) is 6.99. The average molecular weight is 487 g/mol. The molecule has 0 aliphatic carbocycles. The Kier molecular flexibility index (Phi) is 5.90. The number of hydrogen-bond donors (Lipinski definition) is 2. The lowest BCUT2D eigenvalue weighted by Crippen LogP contribution is -2.05. The van der Waals surface area contributed by atoms with Crippen LogP contribution >= 0.6 is 0 Å². The van der Waals surface area contributed by atoms with E-state index in [-0.39, 0.29) is 5.69 Å². The molecule has 0 bridgehead atoms. The van der Waals surface area contributed by atoms with Gasteiger partial charge in [-0.3, -0.25) is 0 Å². The second-order valence-corrected chi connectivity index (χ2v) is 8.04. The van der Waals surface area contributed by atoms with Crippen LogP contribution in [0.2, 0.25) is 0 Å². The van der Waals surface area contributed by atoms with Gasteiger partial charge in [0.15, 0.2) is 5.65 Å². The van der Waals surface area contributed by atoms with Crippen LogP contribution in [0.25, 0.3) is 21.8 Å². The third-order valence-corrected chi connectivity index (χ3v) is 5.57. The minimum absolute atomic E-state index is 0.282. The van der Waals surface area contributed by atoms with Crippen molar-refractivity contribution in [3.8, 4) is 11.8 Å². The minimum atomic E-state index is -4.44. The number of rotatable bonds is 4. The van der Waals surface area contributed by atoms with Crippen LogP contribution in [-0.4, -0.2) is 24.7 Å². The van der Waals surface area contributed by atoms with Crippen molar-refractivity contribution in [3.05, 3.63) is 77.9 Å². The Morgan fingerprint density at radius 2 is 1.83 bits per heavy atom. The maximum absolute atomic E-state index is 13.1. The molecule has 0 fully saturated rings. The lowest BCUT2D eigenvalue weighted by atomic mass is 10.1. The molecule has 36 heavy (non-hydrogen) atoms. The molecule has 0 saturated heterocycles. The predicted molar refractivity (Wildman–Crippen MR) is 132 cm³/mol. The molecule has 3 aromatic heterocycles. The lowest BCUT2D eigenvalue weighted by Gasteiger charge is -2.12. The molecular weight excluding hydrogens is 467 g/mol. The number of nitrogens with one attached hydrogen (secondary N) is 1. The second kappa shape index (κ2) is 9.19. The van der Waals surface area contributed by atoms with E-state index in [1.807, 2.05) is 31.2 Å². The molecule has 5 aromatic rings. The number of nitrogen functional groups attached to an aromatic ring is 1. The summed E-state index contributed by atoms with van der Waals surface area (Å²) in [4.78, 5) is 12.7. The summed E-state index contributed by atoms with van der Waals surface area (Å²) in [5.41, 5.74) is 7.45. The van der Waals surface area contributed by atoms with E-state index in [1.165, 1.54) is 12.4 Å². The highest BCUT2D eigenvalue weighted by atomic mass is 19.4. The van der Waals surface area contributed by atoms with E-state index in [0.29, 0.717) is 45.9 Å². The lowest BCUT2D eigenvalue weighted by molar-refractivity contribution is -0.137. The van der Waals surface area contributed by atoms with Gasteiger partial charge >= 0.3 is 6.18 Å². The molecule has 3 N–H and O–H groups in total. The quantitative estimate of drug-likeness (QED) is 0.324. The highest BCUT2D eigenvalue weighted by Gasteiger charge is 2.30. The van der Waals surface area contributed by atoms with E-state index in [0.717, 1.165) is 23.9 Å². The summed E-state index contributed by atoms with van der Waals surface area (Å²) in [6.45, 7) is 2.71. The molecule has 0 unspecified atom stereocenters. The fourth-order valence-corrected chi connectivity index (χ4v) is 3.94. The van der Waals surface area contributed by atoms with Gasteiger partial charge in [-0.05, 0) is 42.7 Å². The highest BCUT2D eigenvalue weighted by molar-refractivity contribution is 5.97. The highest BCUT2D eigenvalue weighted by Crippen LogP contribution is 2.32. The van der Waals surface area contributed by atoms with E-state index in [1.54, 1.807) is 16.9 Å². The smallest absolute Gasteiger partial charge is 0.383 e. The van der Waals surface area contributed by atoms with Crippen molar-refractivity contribution < 1.29 is 13.2 Å². The molecule has 2 aromatic carbocycles. The fraction of sp³-hybridized carbons (Fsp3) is 0.154. The van der Waals surface area contributed by atoms with Gasteiger partial charge in [0.1, 0.15) is 23.7 Å². The van der Waals surface area contributed by atoms with Crippen LogP contribution in [-0.2, 0) is 12.7 Å². The number of benzene rings is 2. The van der Waals surface area contributed by atoms with Crippen LogP contribution in [0.15, 0.2) is 61.1 Å². The molecule has 0 atom stereocenters. The number of pyridine rings is 1. The van der Waals surface area contributed by atoms with E-state index in [2.05, 4.69) is 37.2 Å². The van der Waals surface area contributed by atoms with Crippen LogP contribution in [0, 0.1) is 11.8 Å². The maximum Gasteiger partial charge on any atom is 0.416 e. The first-order chi connectivity index (χ1) is 17.3. The number of hydrogen-bond acceptors (Lipinski definition) is 6. The maximum atomic E-state index is 13.1. The summed E-state index contributed by atoms with van der Waals surface area (Å²) < 4.78 is 41.1. The Balaban J connectivity index is 1.55. The molecule has 7 nitrogen and oxygen atoms in total. The molecule has 5 rings (SSSR count). The van der Waals surface area contributed by atoms with Gasteiger partial charge in [0, 0.05) is 34.8 Å². The molecule has 3 heterocycles. The molecule has 0 saturated carbocycles. The van der Waals surface area contributed by atoms with Gasteiger partial charge in [-0.2, -0.15) is 18.3 Å². The zero-order valence-corrected chi connectivity index (χ0v) is 19.1. The van der Waals surface area contributed by atoms with E-state index < -0.39 is 11.7 Å². The summed E-state index contributed by atoms with van der Waals surface area (Å²) in [6.07, 6.45) is -0.582. The average Bonchev–Trinajstić information content (AvgIpc) is 3.21. The van der Waals surface area contributed by atoms with Gasteiger partial charge < -0.3 is 11.1 Å². The van der Waals surface area contributed by atoms with Crippen molar-refractivity contribution in [3.63, 3.8) is 0 Å². The normalized spacial score (nSPS) is 11.4. The van der Waals surface area contributed by atoms with Crippen LogP contribution in [0.5, 0.6) is 0 Å². The Bertz CT molecular complexity index is 1650. The Labute approximate surface area is 204 Å². The largest absolute Gasteiger partial charge is 0.416 e. The molecular formula is C26H20F3N7. The molecule has 0 spiro atoms. The number of aromatic nitrogens is 5. The summed E-state index contributed by atoms with van der Waals surface area (Å²) in [7, 11) is 0. The van der Waals surface area contributed by atoms with Gasteiger partial charge in [0.2, 0.25) is 0 Å². The third kappa shape index (κ3) is 4.38. The van der Waals surface area contributed by atoms with Gasteiger partial charge in [-0.15, -0.1) is 0 Å². The van der Waals surface area contributed by atoms with Crippen molar-refractivity contribution >= 4 is 39.1 Å². The van der Waals surface area contributed by atoms with Crippen LogP contribution < -0.4 is 11.1 Å². The Morgan fingerprint density at radius 1 is 1.00 bits per heavy atom. The first kappa shape index (κ1) is 23.1. The van der Waals surface area contributed by atoms with Crippen molar-refractivity contribution in [1.82, 2.24) is 24.7 Å². The van der Waals surface area contributed by atoms with Gasteiger partial charge in [-0.25, -0.2) is 19.6 Å². The minimum Gasteiger partial charge on any atom is -0.383 e.